The number of anilines is 2. The molecule has 3 aromatic carbocycles. The van der Waals surface area contributed by atoms with E-state index in [1.165, 1.54) is 6.20 Å². The van der Waals surface area contributed by atoms with Crippen LogP contribution in [0.4, 0.5) is 11.4 Å². The van der Waals surface area contributed by atoms with Gasteiger partial charge in [-0.05, 0) is 67.4 Å². The Morgan fingerprint density at radius 3 is 2.39 bits per heavy atom. The highest BCUT2D eigenvalue weighted by Crippen LogP contribution is 2.40. The van der Waals surface area contributed by atoms with Crippen molar-refractivity contribution in [3.05, 3.63) is 95.0 Å². The summed E-state index contributed by atoms with van der Waals surface area (Å²) in [5, 5.41) is 0. The van der Waals surface area contributed by atoms with Gasteiger partial charge in [-0.15, -0.1) is 0 Å². The maximum atomic E-state index is 13.3. The molecular weight excluding hydrogens is 410 g/mol. The standard InChI is InChI=1S/C25H23NO4S/c1-3-18-8-7-9-20(16-18)26-17-24(31(28,29)23-11-6-5-10-22(23)26)25(27)19-12-14-21(15-13-19)30-4-2/h5-17H,3-4H2,1-2H3. The van der Waals surface area contributed by atoms with Crippen LogP contribution in [0.2, 0.25) is 0 Å². The van der Waals surface area contributed by atoms with Gasteiger partial charge in [-0.2, -0.15) is 0 Å². The fourth-order valence-electron chi connectivity index (χ4n) is 3.59. The molecular formula is C25H23NO4S. The van der Waals surface area contributed by atoms with Gasteiger partial charge in [-0.3, -0.25) is 4.79 Å². The third kappa shape index (κ3) is 3.86. The average Bonchev–Trinajstić information content (AvgIpc) is 2.79. The molecule has 1 aliphatic rings. The van der Waals surface area contributed by atoms with Crippen LogP contribution in [0.15, 0.2) is 88.8 Å². The molecule has 4 rings (SSSR count). The van der Waals surface area contributed by atoms with Crippen LogP contribution in [0.3, 0.4) is 0 Å². The average molecular weight is 434 g/mol. The monoisotopic (exact) mass is 433 g/mol. The number of carbonyl (C=O) groups is 1. The summed E-state index contributed by atoms with van der Waals surface area (Å²) in [6, 6.07) is 21.1. The van der Waals surface area contributed by atoms with Crippen LogP contribution in [0.1, 0.15) is 29.8 Å². The van der Waals surface area contributed by atoms with Crippen LogP contribution < -0.4 is 9.64 Å². The van der Waals surface area contributed by atoms with Crippen LogP contribution in [-0.4, -0.2) is 20.8 Å². The number of nitrogens with zero attached hydrogens (tertiary/aromatic N) is 1. The number of ether oxygens (including phenoxy) is 1. The highest BCUT2D eigenvalue weighted by Gasteiger charge is 2.36. The van der Waals surface area contributed by atoms with Crippen molar-refractivity contribution >= 4 is 27.0 Å². The van der Waals surface area contributed by atoms with Gasteiger partial charge >= 0.3 is 0 Å². The predicted octanol–water partition coefficient (Wildman–Crippen LogP) is 5.30. The number of aryl methyl sites for hydroxylation is 1. The number of benzene rings is 3. The van der Waals surface area contributed by atoms with Crippen molar-refractivity contribution in [1.82, 2.24) is 0 Å². The third-order valence-corrected chi connectivity index (χ3v) is 6.99. The number of para-hydroxylation sites is 1. The first-order valence-corrected chi connectivity index (χ1v) is 11.7. The molecule has 1 heterocycles. The molecule has 0 saturated carbocycles. The summed E-state index contributed by atoms with van der Waals surface area (Å²) in [7, 11) is -3.97. The van der Waals surface area contributed by atoms with Gasteiger partial charge in [0.25, 0.3) is 0 Å². The second-order valence-corrected chi connectivity index (χ2v) is 9.03. The Labute approximate surface area is 182 Å². The number of hydrogen-bond acceptors (Lipinski definition) is 5. The van der Waals surface area contributed by atoms with Gasteiger partial charge in [0.05, 0.1) is 17.2 Å². The van der Waals surface area contributed by atoms with Crippen molar-refractivity contribution in [2.75, 3.05) is 11.5 Å². The first-order valence-electron chi connectivity index (χ1n) is 10.2. The van der Waals surface area contributed by atoms with Crippen LogP contribution in [0.25, 0.3) is 0 Å². The van der Waals surface area contributed by atoms with Gasteiger partial charge in [0.2, 0.25) is 15.6 Å². The smallest absolute Gasteiger partial charge is 0.214 e. The fraction of sp³-hybridized carbons (Fsp3) is 0.160. The molecule has 158 valence electrons. The van der Waals surface area contributed by atoms with Crippen molar-refractivity contribution in [2.45, 2.75) is 25.2 Å². The molecule has 3 aromatic rings. The lowest BCUT2D eigenvalue weighted by Gasteiger charge is -2.29. The summed E-state index contributed by atoms with van der Waals surface area (Å²) in [5.41, 5.74) is 2.74. The molecule has 0 fully saturated rings. The molecule has 6 heteroatoms. The molecule has 0 spiro atoms. The molecule has 0 radical (unpaired) electrons. The molecule has 0 N–H and O–H groups in total. The van der Waals surface area contributed by atoms with E-state index < -0.39 is 15.6 Å². The number of allylic oxidation sites excluding steroid dienone is 1. The van der Waals surface area contributed by atoms with Gasteiger partial charge in [0.15, 0.2) is 0 Å². The lowest BCUT2D eigenvalue weighted by Crippen LogP contribution is -2.25. The Hall–Kier alpha value is -3.38. The summed E-state index contributed by atoms with van der Waals surface area (Å²) in [4.78, 5) is 14.9. The largest absolute Gasteiger partial charge is 0.494 e. The van der Waals surface area contributed by atoms with E-state index in [4.69, 9.17) is 4.74 Å². The highest BCUT2D eigenvalue weighted by atomic mass is 32.2. The van der Waals surface area contributed by atoms with Gasteiger partial charge in [0.1, 0.15) is 10.7 Å². The lowest BCUT2D eigenvalue weighted by molar-refractivity contribution is 0.104. The molecule has 0 atom stereocenters. The molecule has 0 bridgehead atoms. The van der Waals surface area contributed by atoms with Crippen LogP contribution >= 0.6 is 0 Å². The highest BCUT2D eigenvalue weighted by molar-refractivity contribution is 7.96. The summed E-state index contributed by atoms with van der Waals surface area (Å²) < 4.78 is 32.1. The van der Waals surface area contributed by atoms with Crippen molar-refractivity contribution in [2.24, 2.45) is 0 Å². The topological polar surface area (TPSA) is 63.7 Å². The van der Waals surface area contributed by atoms with Crippen LogP contribution in [0, 0.1) is 0 Å². The Kier molecular flexibility index (Phi) is 5.65. The molecule has 1 aliphatic heterocycles. The fourth-order valence-corrected chi connectivity index (χ4v) is 5.13. The van der Waals surface area contributed by atoms with Crippen LogP contribution in [-0.2, 0) is 16.3 Å². The maximum absolute atomic E-state index is 13.3. The number of Topliss-reactive ketones (excluding diaryl/α,β-unsaturated/α-hetero) is 1. The van der Waals surface area contributed by atoms with Gasteiger partial charge in [-0.1, -0.05) is 31.2 Å². The summed E-state index contributed by atoms with van der Waals surface area (Å²) >= 11 is 0. The third-order valence-electron chi connectivity index (χ3n) is 5.20. The normalized spacial score (nSPS) is 14.5. The van der Waals surface area contributed by atoms with E-state index in [1.807, 2.05) is 31.2 Å². The Morgan fingerprint density at radius 1 is 0.935 bits per heavy atom. The Bertz CT molecular complexity index is 1260. The van der Waals surface area contributed by atoms with Crippen molar-refractivity contribution in [3.63, 3.8) is 0 Å². The number of fused-ring (bicyclic) bond motifs is 1. The number of ketones is 1. The number of rotatable bonds is 6. The van der Waals surface area contributed by atoms with Gasteiger partial charge in [-0.25, -0.2) is 8.42 Å². The zero-order valence-corrected chi connectivity index (χ0v) is 18.2. The van der Waals surface area contributed by atoms with Gasteiger partial charge in [0, 0.05) is 17.5 Å². The maximum Gasteiger partial charge on any atom is 0.214 e. The minimum Gasteiger partial charge on any atom is -0.494 e. The predicted molar refractivity (Wildman–Crippen MR) is 122 cm³/mol. The number of sulfone groups is 1. The van der Waals surface area contributed by atoms with E-state index >= 15 is 0 Å². The minimum atomic E-state index is -3.97. The van der Waals surface area contributed by atoms with Crippen molar-refractivity contribution in [1.29, 1.82) is 0 Å². The summed E-state index contributed by atoms with van der Waals surface area (Å²) in [5.74, 6) is 0.0806. The van der Waals surface area contributed by atoms with Crippen LogP contribution in [0.5, 0.6) is 5.75 Å². The molecule has 0 aliphatic carbocycles. The second kappa shape index (κ2) is 8.40. The quantitative estimate of drug-likeness (QED) is 0.494. The molecule has 0 aromatic heterocycles. The second-order valence-electron chi connectivity index (χ2n) is 7.14. The van der Waals surface area contributed by atoms with E-state index in [2.05, 4.69) is 6.92 Å². The molecule has 0 saturated heterocycles. The summed E-state index contributed by atoms with van der Waals surface area (Å²) in [6.45, 7) is 4.44. The molecule has 0 amide bonds. The van der Waals surface area contributed by atoms with E-state index in [9.17, 15) is 13.2 Å². The first kappa shape index (κ1) is 20.9. The zero-order valence-electron chi connectivity index (χ0n) is 17.4. The van der Waals surface area contributed by atoms with Gasteiger partial charge < -0.3 is 9.64 Å². The summed E-state index contributed by atoms with van der Waals surface area (Å²) in [6.07, 6.45) is 2.29. The Morgan fingerprint density at radius 2 is 1.68 bits per heavy atom. The molecule has 31 heavy (non-hydrogen) atoms. The lowest BCUT2D eigenvalue weighted by atomic mass is 10.1. The number of carbonyl (C=O) groups excluding carboxylic acids is 1. The molecule has 0 unspecified atom stereocenters. The van der Waals surface area contributed by atoms with Crippen molar-refractivity contribution < 1.29 is 17.9 Å². The molecule has 5 nitrogen and oxygen atoms in total. The zero-order chi connectivity index (χ0) is 22.0. The first-order chi connectivity index (χ1) is 15.0. The number of hydrogen-bond donors (Lipinski definition) is 0. The SMILES string of the molecule is CCOc1ccc(C(=O)C2=CN(c3cccc(CC)c3)c3ccccc3S2(=O)=O)cc1. The van der Waals surface area contributed by atoms with E-state index in [-0.39, 0.29) is 9.80 Å². The van der Waals surface area contributed by atoms with E-state index in [1.54, 1.807) is 53.4 Å². The van der Waals surface area contributed by atoms with E-state index in [0.29, 0.717) is 23.6 Å². The van der Waals surface area contributed by atoms with Crippen molar-refractivity contribution in [3.8, 4) is 5.75 Å². The van der Waals surface area contributed by atoms with E-state index in [0.717, 1.165) is 17.7 Å². The minimum absolute atomic E-state index is 0.119. The Balaban J connectivity index is 1.84.